The molecule has 1 aliphatic heterocycles. The highest BCUT2D eigenvalue weighted by Gasteiger charge is 2.32. The normalized spacial score (nSPS) is 20.3. The standard InChI is InChI=1S/C18H21F3IN3/c19-18(20,21)11-25-16-3-1-2-15(14(16)10-17(25)22)23-12-6-8-24(9-7-12)13-4-5-13/h1-3,10,12-13,23H,4-9,11H2. The summed E-state index contributed by atoms with van der Waals surface area (Å²) in [4.78, 5) is 2.57. The van der Waals surface area contributed by atoms with Gasteiger partial charge in [0, 0.05) is 36.2 Å². The largest absolute Gasteiger partial charge is 0.406 e. The Morgan fingerprint density at radius 2 is 1.84 bits per heavy atom. The Balaban J connectivity index is 1.53. The maximum absolute atomic E-state index is 12.9. The summed E-state index contributed by atoms with van der Waals surface area (Å²) in [6.07, 6.45) is 0.635. The molecule has 2 heterocycles. The number of piperidine rings is 1. The maximum atomic E-state index is 12.9. The van der Waals surface area contributed by atoms with Gasteiger partial charge in [0.15, 0.2) is 0 Å². The van der Waals surface area contributed by atoms with Gasteiger partial charge in [-0.3, -0.25) is 0 Å². The minimum absolute atomic E-state index is 0.393. The van der Waals surface area contributed by atoms with Crippen LogP contribution < -0.4 is 5.32 Å². The van der Waals surface area contributed by atoms with Gasteiger partial charge in [-0.25, -0.2) is 0 Å². The number of hydrogen-bond acceptors (Lipinski definition) is 2. The molecule has 1 aromatic heterocycles. The number of nitrogens with one attached hydrogen (secondary N) is 1. The number of halogens is 4. The third-order valence-electron chi connectivity index (χ3n) is 5.19. The molecule has 1 aliphatic carbocycles. The molecule has 136 valence electrons. The number of benzene rings is 1. The van der Waals surface area contributed by atoms with Crippen molar-refractivity contribution in [2.45, 2.75) is 50.5 Å². The number of nitrogens with zero attached hydrogens (tertiary/aromatic N) is 2. The molecule has 1 N–H and O–H groups in total. The van der Waals surface area contributed by atoms with Gasteiger partial charge >= 0.3 is 6.18 Å². The highest BCUT2D eigenvalue weighted by molar-refractivity contribution is 14.1. The predicted molar refractivity (Wildman–Crippen MR) is 102 cm³/mol. The third kappa shape index (κ3) is 3.92. The molecule has 0 atom stereocenters. The van der Waals surface area contributed by atoms with Crippen LogP contribution in [0.15, 0.2) is 24.3 Å². The second kappa shape index (κ2) is 6.64. The van der Waals surface area contributed by atoms with Gasteiger partial charge in [-0.1, -0.05) is 6.07 Å². The molecule has 0 bridgehead atoms. The third-order valence-corrected chi connectivity index (χ3v) is 6.08. The Kier molecular flexibility index (Phi) is 4.64. The van der Waals surface area contributed by atoms with E-state index in [1.165, 1.54) is 17.4 Å². The average molecular weight is 463 g/mol. The first-order chi connectivity index (χ1) is 11.9. The van der Waals surface area contributed by atoms with E-state index >= 15 is 0 Å². The molecule has 1 saturated heterocycles. The lowest BCUT2D eigenvalue weighted by Gasteiger charge is -2.33. The van der Waals surface area contributed by atoms with Crippen LogP contribution >= 0.6 is 22.6 Å². The van der Waals surface area contributed by atoms with Crippen molar-refractivity contribution in [2.24, 2.45) is 0 Å². The first-order valence-electron chi connectivity index (χ1n) is 8.76. The van der Waals surface area contributed by atoms with E-state index in [0.29, 0.717) is 15.3 Å². The van der Waals surface area contributed by atoms with Crippen LogP contribution in [0.25, 0.3) is 10.9 Å². The highest BCUT2D eigenvalue weighted by atomic mass is 127. The van der Waals surface area contributed by atoms with Crippen molar-refractivity contribution in [2.75, 3.05) is 18.4 Å². The van der Waals surface area contributed by atoms with Gasteiger partial charge in [0.2, 0.25) is 0 Å². The number of hydrogen-bond donors (Lipinski definition) is 1. The first-order valence-corrected chi connectivity index (χ1v) is 9.84. The molecular formula is C18H21F3IN3. The van der Waals surface area contributed by atoms with Crippen molar-refractivity contribution in [1.29, 1.82) is 0 Å². The van der Waals surface area contributed by atoms with E-state index in [1.54, 1.807) is 6.07 Å². The molecule has 2 fully saturated rings. The molecular weight excluding hydrogens is 442 g/mol. The second-order valence-corrected chi connectivity index (χ2v) is 8.20. The molecule has 7 heteroatoms. The maximum Gasteiger partial charge on any atom is 0.406 e. The predicted octanol–water partition coefficient (Wildman–Crippen LogP) is 4.85. The average Bonchev–Trinajstić information content (AvgIpc) is 3.35. The Bertz CT molecular complexity index is 759. The van der Waals surface area contributed by atoms with Gasteiger partial charge in [0.25, 0.3) is 0 Å². The lowest BCUT2D eigenvalue weighted by atomic mass is 10.0. The van der Waals surface area contributed by atoms with Crippen LogP contribution in [-0.4, -0.2) is 40.8 Å². The van der Waals surface area contributed by atoms with Crippen LogP contribution in [0.3, 0.4) is 0 Å². The second-order valence-electron chi connectivity index (χ2n) is 7.09. The molecule has 4 rings (SSSR count). The Labute approximate surface area is 158 Å². The first kappa shape index (κ1) is 17.5. The van der Waals surface area contributed by atoms with E-state index in [4.69, 9.17) is 0 Å². The number of likely N-dealkylation sites (tertiary alicyclic amines) is 1. The SMILES string of the molecule is FC(F)(F)Cn1c(I)cc2c(NC3CCN(C4CC4)CC3)cccc21. The number of rotatable bonds is 4. The van der Waals surface area contributed by atoms with Crippen LogP contribution in [-0.2, 0) is 6.54 Å². The Morgan fingerprint density at radius 3 is 2.48 bits per heavy atom. The van der Waals surface area contributed by atoms with Crippen molar-refractivity contribution in [1.82, 2.24) is 9.47 Å². The quantitative estimate of drug-likeness (QED) is 0.655. The van der Waals surface area contributed by atoms with Gasteiger partial charge in [-0.05, 0) is 66.5 Å². The monoisotopic (exact) mass is 463 g/mol. The fourth-order valence-electron chi connectivity index (χ4n) is 3.79. The summed E-state index contributed by atoms with van der Waals surface area (Å²) in [5.41, 5.74) is 1.59. The minimum Gasteiger partial charge on any atom is -0.382 e. The van der Waals surface area contributed by atoms with E-state index in [-0.39, 0.29) is 0 Å². The summed E-state index contributed by atoms with van der Waals surface area (Å²) >= 11 is 1.99. The highest BCUT2D eigenvalue weighted by Crippen LogP contribution is 2.33. The Hall–Kier alpha value is -0.960. The molecule has 0 amide bonds. The molecule has 3 nitrogen and oxygen atoms in total. The zero-order valence-corrected chi connectivity index (χ0v) is 16.0. The summed E-state index contributed by atoms with van der Waals surface area (Å²) in [6.45, 7) is 1.29. The molecule has 0 radical (unpaired) electrons. The van der Waals surface area contributed by atoms with E-state index in [2.05, 4.69) is 10.2 Å². The molecule has 1 aromatic carbocycles. The van der Waals surface area contributed by atoms with Crippen molar-refractivity contribution in [3.05, 3.63) is 28.0 Å². The summed E-state index contributed by atoms with van der Waals surface area (Å²) < 4.78 is 40.5. The van der Waals surface area contributed by atoms with Crippen LogP contribution in [0.2, 0.25) is 0 Å². The van der Waals surface area contributed by atoms with Crippen LogP contribution in [0.4, 0.5) is 18.9 Å². The molecule has 2 aromatic rings. The minimum atomic E-state index is -4.22. The topological polar surface area (TPSA) is 20.2 Å². The smallest absolute Gasteiger partial charge is 0.382 e. The van der Waals surface area contributed by atoms with Crippen LogP contribution in [0.5, 0.6) is 0 Å². The summed E-state index contributed by atoms with van der Waals surface area (Å²) in [6, 6.07) is 8.64. The van der Waals surface area contributed by atoms with Crippen molar-refractivity contribution < 1.29 is 13.2 Å². The fourth-order valence-corrected chi connectivity index (χ4v) is 4.53. The van der Waals surface area contributed by atoms with Crippen molar-refractivity contribution >= 4 is 39.2 Å². The molecule has 2 aliphatic rings. The van der Waals surface area contributed by atoms with E-state index in [0.717, 1.165) is 43.0 Å². The zero-order valence-electron chi connectivity index (χ0n) is 13.8. The lowest BCUT2D eigenvalue weighted by Crippen LogP contribution is -2.40. The molecule has 25 heavy (non-hydrogen) atoms. The molecule has 0 unspecified atom stereocenters. The van der Waals surface area contributed by atoms with Gasteiger partial charge in [-0.15, -0.1) is 0 Å². The summed E-state index contributed by atoms with van der Waals surface area (Å²) in [5, 5.41) is 4.46. The number of aromatic nitrogens is 1. The van der Waals surface area contributed by atoms with Gasteiger partial charge in [-0.2, -0.15) is 13.2 Å². The van der Waals surface area contributed by atoms with E-state index in [1.807, 2.05) is 40.8 Å². The van der Waals surface area contributed by atoms with Crippen molar-refractivity contribution in [3.63, 3.8) is 0 Å². The van der Waals surface area contributed by atoms with Crippen LogP contribution in [0, 0.1) is 3.70 Å². The lowest BCUT2D eigenvalue weighted by molar-refractivity contribution is -0.140. The molecule has 0 spiro atoms. The van der Waals surface area contributed by atoms with Gasteiger partial charge in [0.1, 0.15) is 6.54 Å². The number of alkyl halides is 3. The zero-order chi connectivity index (χ0) is 17.6. The molecule has 1 saturated carbocycles. The van der Waals surface area contributed by atoms with Crippen LogP contribution in [0.1, 0.15) is 25.7 Å². The van der Waals surface area contributed by atoms with E-state index < -0.39 is 12.7 Å². The van der Waals surface area contributed by atoms with Gasteiger partial charge in [0.05, 0.1) is 9.22 Å². The Morgan fingerprint density at radius 1 is 1.12 bits per heavy atom. The summed E-state index contributed by atoms with van der Waals surface area (Å²) in [5.74, 6) is 0. The van der Waals surface area contributed by atoms with Gasteiger partial charge < -0.3 is 14.8 Å². The van der Waals surface area contributed by atoms with E-state index in [9.17, 15) is 13.2 Å². The number of anilines is 1. The number of fused-ring (bicyclic) bond motifs is 1. The van der Waals surface area contributed by atoms with Crippen molar-refractivity contribution in [3.8, 4) is 0 Å². The summed E-state index contributed by atoms with van der Waals surface area (Å²) in [7, 11) is 0. The fraction of sp³-hybridized carbons (Fsp3) is 0.556.